The van der Waals surface area contributed by atoms with Crippen LogP contribution in [0.4, 0.5) is 0 Å². The van der Waals surface area contributed by atoms with Crippen LogP contribution >= 0.6 is 36.2 Å². The summed E-state index contributed by atoms with van der Waals surface area (Å²) in [5.41, 5.74) is 0. The Morgan fingerprint density at radius 3 is 2.60 bits per heavy atom. The van der Waals surface area contributed by atoms with E-state index >= 15 is 0 Å². The number of ether oxygens (including phenoxy) is 1. The first-order valence-corrected chi connectivity index (χ1v) is 6.68. The van der Waals surface area contributed by atoms with Gasteiger partial charge in [-0.25, -0.2) is 0 Å². The second kappa shape index (κ2) is 6.75. The number of hydrogen-bond acceptors (Lipinski definition) is 5. The number of rotatable bonds is 3. The molecule has 86 valence electrons. The summed E-state index contributed by atoms with van der Waals surface area (Å²) in [6, 6.07) is 0. The van der Waals surface area contributed by atoms with E-state index in [1.807, 2.05) is 0 Å². The molecule has 15 heavy (non-hydrogen) atoms. The van der Waals surface area contributed by atoms with Crippen molar-refractivity contribution in [2.24, 2.45) is 0 Å². The molecule has 0 aromatic rings. The van der Waals surface area contributed by atoms with Gasteiger partial charge in [-0.05, 0) is 25.6 Å². The van der Waals surface area contributed by atoms with Crippen molar-refractivity contribution in [3.8, 4) is 0 Å². The minimum atomic E-state index is -0.112. The lowest BCUT2D eigenvalue weighted by Crippen LogP contribution is -2.33. The fourth-order valence-electron chi connectivity index (χ4n) is 1.26. The van der Waals surface area contributed by atoms with Gasteiger partial charge in [0, 0.05) is 19.6 Å². The molecule has 1 aliphatic rings. The molecule has 3 nitrogen and oxygen atoms in total. The predicted octanol–water partition coefficient (Wildman–Crippen LogP) is 1.62. The highest BCUT2D eigenvalue weighted by Crippen LogP contribution is 2.16. The molecule has 0 aliphatic carbocycles. The zero-order chi connectivity index (χ0) is 11.3. The van der Waals surface area contributed by atoms with E-state index < -0.39 is 0 Å². The van der Waals surface area contributed by atoms with Crippen LogP contribution < -0.4 is 5.32 Å². The van der Waals surface area contributed by atoms with Gasteiger partial charge < -0.3 is 9.64 Å². The Bertz CT molecular complexity index is 226. The second-order valence-corrected chi connectivity index (χ2v) is 5.44. The normalized spacial score (nSPS) is 20.3. The lowest BCUT2D eigenvalue weighted by molar-refractivity contribution is 0.156. The average molecular weight is 264 g/mol. The van der Waals surface area contributed by atoms with Gasteiger partial charge in [-0.1, -0.05) is 24.4 Å². The molecule has 1 atom stereocenters. The van der Waals surface area contributed by atoms with Gasteiger partial charge in [0.1, 0.15) is 4.32 Å². The molecule has 1 heterocycles. The monoisotopic (exact) mass is 264 g/mol. The third kappa shape index (κ3) is 3.96. The summed E-state index contributed by atoms with van der Waals surface area (Å²) >= 11 is 12.0. The van der Waals surface area contributed by atoms with Crippen LogP contribution in [0.3, 0.4) is 0 Å². The highest BCUT2D eigenvalue weighted by Gasteiger charge is 2.22. The largest absolute Gasteiger partial charge is 0.358 e. The van der Waals surface area contributed by atoms with Gasteiger partial charge in [-0.15, -0.1) is 0 Å². The van der Waals surface area contributed by atoms with Gasteiger partial charge >= 0.3 is 0 Å². The molecule has 0 bridgehead atoms. The maximum absolute atomic E-state index is 5.41. The van der Waals surface area contributed by atoms with Crippen LogP contribution in [0.2, 0.25) is 0 Å². The summed E-state index contributed by atoms with van der Waals surface area (Å²) in [6.45, 7) is 7.61. The highest BCUT2D eigenvalue weighted by molar-refractivity contribution is 8.38. The zero-order valence-corrected chi connectivity index (χ0v) is 11.4. The third-order valence-corrected chi connectivity index (χ3v) is 3.96. The molecule has 1 unspecified atom stereocenters. The number of nitrogens with zero attached hydrogens (tertiary/aromatic N) is 1. The molecule has 0 aromatic carbocycles. The van der Waals surface area contributed by atoms with Crippen molar-refractivity contribution in [1.82, 2.24) is 10.2 Å². The number of thioether (sulfide) groups is 1. The van der Waals surface area contributed by atoms with E-state index in [9.17, 15) is 0 Å². The van der Waals surface area contributed by atoms with Gasteiger partial charge in [0.2, 0.25) is 0 Å². The molecule has 1 saturated heterocycles. The quantitative estimate of drug-likeness (QED) is 0.778. The molecule has 0 saturated carbocycles. The molecule has 1 N–H and O–H groups in total. The van der Waals surface area contributed by atoms with Gasteiger partial charge in [0.15, 0.2) is 6.23 Å². The van der Waals surface area contributed by atoms with Crippen LogP contribution in [0.15, 0.2) is 0 Å². The fraction of sp³-hybridized carbons (Fsp3) is 0.778. The van der Waals surface area contributed by atoms with Crippen molar-refractivity contribution in [1.29, 1.82) is 0 Å². The van der Waals surface area contributed by atoms with Crippen LogP contribution in [0.25, 0.3) is 0 Å². The van der Waals surface area contributed by atoms with E-state index in [-0.39, 0.29) is 6.23 Å². The van der Waals surface area contributed by atoms with Crippen LogP contribution in [0.5, 0.6) is 0 Å². The maximum Gasteiger partial charge on any atom is 0.150 e. The zero-order valence-electron chi connectivity index (χ0n) is 8.99. The van der Waals surface area contributed by atoms with E-state index in [1.54, 1.807) is 0 Å². The topological polar surface area (TPSA) is 24.5 Å². The van der Waals surface area contributed by atoms with E-state index in [0.29, 0.717) is 0 Å². The van der Waals surface area contributed by atoms with Gasteiger partial charge in [-0.3, -0.25) is 5.32 Å². The van der Waals surface area contributed by atoms with E-state index in [2.05, 4.69) is 24.1 Å². The van der Waals surface area contributed by atoms with Crippen molar-refractivity contribution in [3.63, 3.8) is 0 Å². The molecular formula is C9H16N2OS3. The molecule has 1 fully saturated rings. The molecule has 0 radical (unpaired) electrons. The standard InChI is InChI=1S/C9H16N2OS3/c1-3-11(4-2)9(14)15-8(13)7-10-5-6-12-7/h7,10H,3-6H2,1-2H3. The molecule has 0 amide bonds. The van der Waals surface area contributed by atoms with Gasteiger partial charge in [0.25, 0.3) is 0 Å². The van der Waals surface area contributed by atoms with E-state index in [1.165, 1.54) is 11.8 Å². The lowest BCUT2D eigenvalue weighted by Gasteiger charge is -2.22. The summed E-state index contributed by atoms with van der Waals surface area (Å²) < 4.78 is 7.03. The fourth-order valence-corrected chi connectivity index (χ4v) is 3.15. The summed E-state index contributed by atoms with van der Waals surface area (Å²) in [6.07, 6.45) is -0.112. The Morgan fingerprint density at radius 2 is 2.13 bits per heavy atom. The number of hydrogen-bond donors (Lipinski definition) is 1. The molecule has 0 spiro atoms. The molecule has 6 heteroatoms. The Kier molecular flexibility index (Phi) is 5.99. The Hall–Kier alpha value is 0.250. The van der Waals surface area contributed by atoms with Gasteiger partial charge in [-0.2, -0.15) is 0 Å². The molecule has 0 aromatic heterocycles. The summed E-state index contributed by atoms with van der Waals surface area (Å²) in [5.74, 6) is 0. The van der Waals surface area contributed by atoms with Crippen molar-refractivity contribution in [2.45, 2.75) is 20.1 Å². The smallest absolute Gasteiger partial charge is 0.150 e. The summed E-state index contributed by atoms with van der Waals surface area (Å²) in [5, 5.41) is 3.17. The number of thiocarbonyl (C=S) groups is 2. The minimum absolute atomic E-state index is 0.112. The lowest BCUT2D eigenvalue weighted by atomic mass is 10.6. The molecule has 1 aliphatic heterocycles. The third-order valence-electron chi connectivity index (χ3n) is 2.14. The molecule has 1 rings (SSSR count). The van der Waals surface area contributed by atoms with Crippen LogP contribution in [-0.4, -0.2) is 45.9 Å². The van der Waals surface area contributed by atoms with Crippen molar-refractivity contribution >= 4 is 44.7 Å². The Balaban J connectivity index is 2.39. The average Bonchev–Trinajstić information content (AvgIpc) is 2.72. The van der Waals surface area contributed by atoms with Crippen molar-refractivity contribution in [3.05, 3.63) is 0 Å². The van der Waals surface area contributed by atoms with Crippen LogP contribution in [-0.2, 0) is 4.74 Å². The Morgan fingerprint density at radius 1 is 1.47 bits per heavy atom. The first kappa shape index (κ1) is 13.3. The van der Waals surface area contributed by atoms with E-state index in [0.717, 1.165) is 34.8 Å². The first-order valence-electron chi connectivity index (χ1n) is 5.04. The maximum atomic E-state index is 5.41. The first-order chi connectivity index (χ1) is 7.19. The van der Waals surface area contributed by atoms with Crippen LogP contribution in [0.1, 0.15) is 13.8 Å². The summed E-state index contributed by atoms with van der Waals surface area (Å²) in [7, 11) is 0. The number of nitrogens with one attached hydrogen (secondary N) is 1. The molecular weight excluding hydrogens is 248 g/mol. The van der Waals surface area contributed by atoms with Gasteiger partial charge in [0.05, 0.1) is 10.8 Å². The minimum Gasteiger partial charge on any atom is -0.358 e. The van der Waals surface area contributed by atoms with Crippen molar-refractivity contribution in [2.75, 3.05) is 26.2 Å². The highest BCUT2D eigenvalue weighted by atomic mass is 32.2. The SMILES string of the molecule is CCN(CC)C(=S)SC(=S)C1NCCO1. The second-order valence-electron chi connectivity index (χ2n) is 3.06. The van der Waals surface area contributed by atoms with Crippen molar-refractivity contribution < 1.29 is 4.74 Å². The van der Waals surface area contributed by atoms with Crippen LogP contribution in [0, 0.1) is 0 Å². The Labute approximate surface area is 106 Å². The van der Waals surface area contributed by atoms with E-state index in [4.69, 9.17) is 29.2 Å². The predicted molar refractivity (Wildman–Crippen MR) is 73.5 cm³/mol. The summed E-state index contributed by atoms with van der Waals surface area (Å²) in [4.78, 5) is 2.11.